The first-order valence-corrected chi connectivity index (χ1v) is 7.65. The molecule has 4 nitrogen and oxygen atoms in total. The van der Waals surface area contributed by atoms with E-state index in [1.165, 1.54) is 19.3 Å². The van der Waals surface area contributed by atoms with E-state index in [1.54, 1.807) is 18.2 Å². The SMILES string of the molecule is CN1CCC[C@@]12CCCN(C(=O)c1cccc(C#N)c1)C2. The van der Waals surface area contributed by atoms with Gasteiger partial charge in [0.25, 0.3) is 5.91 Å². The lowest BCUT2D eigenvalue weighted by molar-refractivity contribution is 0.0412. The van der Waals surface area contributed by atoms with E-state index in [4.69, 9.17) is 5.26 Å². The molecule has 0 aliphatic carbocycles. The van der Waals surface area contributed by atoms with Gasteiger partial charge in [0.2, 0.25) is 0 Å². The average molecular weight is 283 g/mol. The fourth-order valence-corrected chi connectivity index (χ4v) is 3.78. The first-order chi connectivity index (χ1) is 10.1. The molecular weight excluding hydrogens is 262 g/mol. The number of piperidine rings is 1. The number of carbonyl (C=O) groups is 1. The molecule has 2 saturated heterocycles. The van der Waals surface area contributed by atoms with E-state index >= 15 is 0 Å². The summed E-state index contributed by atoms with van der Waals surface area (Å²) in [6.45, 7) is 2.77. The van der Waals surface area contributed by atoms with Gasteiger partial charge in [-0.05, 0) is 57.5 Å². The van der Waals surface area contributed by atoms with Gasteiger partial charge in [0.1, 0.15) is 0 Å². The molecule has 0 unspecified atom stereocenters. The van der Waals surface area contributed by atoms with Crippen LogP contribution in [0.3, 0.4) is 0 Å². The molecule has 2 heterocycles. The highest BCUT2D eigenvalue weighted by molar-refractivity contribution is 5.94. The fourth-order valence-electron chi connectivity index (χ4n) is 3.78. The van der Waals surface area contributed by atoms with E-state index in [0.717, 1.165) is 26.1 Å². The van der Waals surface area contributed by atoms with Gasteiger partial charge in [-0.3, -0.25) is 9.69 Å². The third-order valence-corrected chi connectivity index (χ3v) is 5.03. The molecule has 2 aliphatic rings. The van der Waals surface area contributed by atoms with Crippen LogP contribution in [0.25, 0.3) is 0 Å². The maximum Gasteiger partial charge on any atom is 0.253 e. The first-order valence-electron chi connectivity index (χ1n) is 7.65. The van der Waals surface area contributed by atoms with E-state index in [0.29, 0.717) is 11.1 Å². The Hall–Kier alpha value is -1.86. The Balaban J connectivity index is 1.80. The van der Waals surface area contributed by atoms with Crippen molar-refractivity contribution in [2.75, 3.05) is 26.7 Å². The standard InChI is InChI=1S/C17H21N3O/c1-19-9-3-7-17(19)8-4-10-20(13-17)16(21)15-6-2-5-14(11-15)12-18/h2,5-6,11H,3-4,7-10,13H2,1H3/t17-/m0/s1. The number of hydrogen-bond acceptors (Lipinski definition) is 3. The van der Waals surface area contributed by atoms with E-state index in [-0.39, 0.29) is 11.4 Å². The predicted octanol–water partition coefficient (Wildman–Crippen LogP) is 2.26. The summed E-state index contributed by atoms with van der Waals surface area (Å²) >= 11 is 0. The van der Waals surface area contributed by atoms with Gasteiger partial charge in [-0.2, -0.15) is 5.26 Å². The van der Waals surface area contributed by atoms with E-state index in [1.807, 2.05) is 11.0 Å². The van der Waals surface area contributed by atoms with Crippen LogP contribution in [0.2, 0.25) is 0 Å². The summed E-state index contributed by atoms with van der Waals surface area (Å²) in [5, 5.41) is 8.97. The Kier molecular flexibility index (Phi) is 3.69. The lowest BCUT2D eigenvalue weighted by Gasteiger charge is -2.44. The van der Waals surface area contributed by atoms with Crippen LogP contribution in [0.1, 0.15) is 41.6 Å². The molecule has 4 heteroatoms. The summed E-state index contributed by atoms with van der Waals surface area (Å²) in [7, 11) is 2.18. The lowest BCUT2D eigenvalue weighted by Crippen LogP contribution is -2.55. The Morgan fingerprint density at radius 1 is 1.29 bits per heavy atom. The van der Waals surface area contributed by atoms with Gasteiger partial charge in [-0.1, -0.05) is 6.07 Å². The zero-order valence-electron chi connectivity index (χ0n) is 12.5. The minimum atomic E-state index is 0.0616. The van der Waals surface area contributed by atoms with Crippen molar-refractivity contribution >= 4 is 5.91 Å². The summed E-state index contributed by atoms with van der Waals surface area (Å²) in [6.07, 6.45) is 4.66. The molecular formula is C17H21N3O. The van der Waals surface area contributed by atoms with Crippen LogP contribution in [0.4, 0.5) is 0 Å². The molecule has 3 rings (SSSR count). The van der Waals surface area contributed by atoms with Crippen molar-refractivity contribution in [3.8, 4) is 6.07 Å². The molecule has 1 amide bonds. The van der Waals surface area contributed by atoms with E-state index < -0.39 is 0 Å². The fraction of sp³-hybridized carbons (Fsp3) is 0.529. The number of amides is 1. The third-order valence-electron chi connectivity index (χ3n) is 5.03. The van der Waals surface area contributed by atoms with Crippen LogP contribution in [0.15, 0.2) is 24.3 Å². The Labute approximate surface area is 126 Å². The topological polar surface area (TPSA) is 47.3 Å². The van der Waals surface area contributed by atoms with Gasteiger partial charge < -0.3 is 4.90 Å². The van der Waals surface area contributed by atoms with Crippen LogP contribution < -0.4 is 0 Å². The highest BCUT2D eigenvalue weighted by Crippen LogP contribution is 2.36. The zero-order chi connectivity index (χ0) is 14.9. The summed E-state index contributed by atoms with van der Waals surface area (Å²) in [5.74, 6) is 0.0616. The van der Waals surface area contributed by atoms with Crippen LogP contribution >= 0.6 is 0 Å². The summed E-state index contributed by atoms with van der Waals surface area (Å²) < 4.78 is 0. The normalized spacial score (nSPS) is 26.0. The number of likely N-dealkylation sites (tertiary alicyclic amines) is 2. The van der Waals surface area contributed by atoms with Crippen molar-refractivity contribution in [3.63, 3.8) is 0 Å². The maximum atomic E-state index is 12.7. The number of hydrogen-bond donors (Lipinski definition) is 0. The van der Waals surface area contributed by atoms with Crippen LogP contribution in [-0.4, -0.2) is 47.9 Å². The highest BCUT2D eigenvalue weighted by Gasteiger charge is 2.43. The van der Waals surface area contributed by atoms with Crippen LogP contribution in [0, 0.1) is 11.3 Å². The van der Waals surface area contributed by atoms with Crippen molar-refractivity contribution in [1.29, 1.82) is 5.26 Å². The molecule has 0 saturated carbocycles. The molecule has 1 aromatic rings. The molecule has 1 spiro atoms. The highest BCUT2D eigenvalue weighted by atomic mass is 16.2. The summed E-state index contributed by atoms with van der Waals surface area (Å²) in [5.41, 5.74) is 1.36. The molecule has 110 valence electrons. The predicted molar refractivity (Wildman–Crippen MR) is 80.9 cm³/mol. The number of benzene rings is 1. The van der Waals surface area contributed by atoms with Gasteiger partial charge in [0.05, 0.1) is 11.6 Å². The molecule has 2 fully saturated rings. The molecule has 0 radical (unpaired) electrons. The number of carbonyl (C=O) groups excluding carboxylic acids is 1. The second kappa shape index (κ2) is 5.50. The molecule has 1 aromatic carbocycles. The Bertz CT molecular complexity index is 592. The van der Waals surface area contributed by atoms with Gasteiger partial charge in [0, 0.05) is 24.2 Å². The maximum absolute atomic E-state index is 12.7. The van der Waals surface area contributed by atoms with Gasteiger partial charge in [-0.25, -0.2) is 0 Å². The van der Waals surface area contributed by atoms with Crippen molar-refractivity contribution < 1.29 is 4.79 Å². The monoisotopic (exact) mass is 283 g/mol. The van der Waals surface area contributed by atoms with Crippen molar-refractivity contribution in [2.45, 2.75) is 31.2 Å². The second-order valence-corrected chi connectivity index (χ2v) is 6.27. The molecule has 0 bridgehead atoms. The minimum absolute atomic E-state index is 0.0616. The number of rotatable bonds is 1. The van der Waals surface area contributed by atoms with Gasteiger partial charge in [0.15, 0.2) is 0 Å². The summed E-state index contributed by atoms with van der Waals surface area (Å²) in [6, 6.07) is 9.13. The Morgan fingerprint density at radius 3 is 2.76 bits per heavy atom. The van der Waals surface area contributed by atoms with E-state index in [9.17, 15) is 4.79 Å². The molecule has 21 heavy (non-hydrogen) atoms. The van der Waals surface area contributed by atoms with Crippen molar-refractivity contribution in [3.05, 3.63) is 35.4 Å². The van der Waals surface area contributed by atoms with Crippen LogP contribution in [-0.2, 0) is 0 Å². The van der Waals surface area contributed by atoms with Gasteiger partial charge >= 0.3 is 0 Å². The largest absolute Gasteiger partial charge is 0.337 e. The molecule has 0 N–H and O–H groups in total. The zero-order valence-corrected chi connectivity index (χ0v) is 12.5. The lowest BCUT2D eigenvalue weighted by atomic mass is 9.86. The average Bonchev–Trinajstić information content (AvgIpc) is 2.87. The third kappa shape index (κ3) is 2.54. The van der Waals surface area contributed by atoms with Crippen LogP contribution in [0.5, 0.6) is 0 Å². The second-order valence-electron chi connectivity index (χ2n) is 6.27. The van der Waals surface area contributed by atoms with E-state index in [2.05, 4.69) is 18.0 Å². The van der Waals surface area contributed by atoms with Gasteiger partial charge in [-0.15, -0.1) is 0 Å². The minimum Gasteiger partial charge on any atom is -0.337 e. The number of nitrogens with zero attached hydrogens (tertiary/aromatic N) is 3. The van der Waals surface area contributed by atoms with Crippen molar-refractivity contribution in [2.24, 2.45) is 0 Å². The smallest absolute Gasteiger partial charge is 0.253 e. The quantitative estimate of drug-likeness (QED) is 0.794. The molecule has 0 aromatic heterocycles. The first kappa shape index (κ1) is 14.1. The summed E-state index contributed by atoms with van der Waals surface area (Å²) in [4.78, 5) is 17.1. The number of nitriles is 1. The molecule has 1 atom stereocenters. The number of likely N-dealkylation sites (N-methyl/N-ethyl adjacent to an activating group) is 1. The Morgan fingerprint density at radius 2 is 2.05 bits per heavy atom. The molecule has 2 aliphatic heterocycles. The van der Waals surface area contributed by atoms with Crippen molar-refractivity contribution in [1.82, 2.24) is 9.80 Å².